The number of likely N-dealkylation sites (tertiary alicyclic amines) is 2. The topological polar surface area (TPSA) is 356 Å². The number of carbonyl (C=O) groups is 10. The zero-order chi connectivity index (χ0) is 40.7. The molecule has 2 aliphatic rings. The van der Waals surface area contributed by atoms with Crippen molar-refractivity contribution in [1.29, 1.82) is 0 Å². The molecule has 7 atom stereocenters. The summed E-state index contributed by atoms with van der Waals surface area (Å²) in [5.41, 5.74) is 15.7. The Bertz CT molecular complexity index is 1440. The Morgan fingerprint density at radius 1 is 0.796 bits per heavy atom. The normalized spacial score (nSPS) is 20.1. The molecule has 9 amide bonds. The van der Waals surface area contributed by atoms with E-state index in [1.165, 1.54) is 4.90 Å². The summed E-state index contributed by atoms with van der Waals surface area (Å²) in [7, 11) is 0. The van der Waals surface area contributed by atoms with Crippen LogP contribution in [0.2, 0.25) is 0 Å². The Kier molecular flexibility index (Phi) is 17.7. The van der Waals surface area contributed by atoms with E-state index in [0.717, 1.165) is 4.90 Å². The van der Waals surface area contributed by atoms with Gasteiger partial charge in [0, 0.05) is 32.4 Å². The molecule has 0 saturated carbocycles. The average Bonchev–Trinajstić information content (AvgIpc) is 3.78. The SMILES string of the molecule is CC[C@H](C)[C@H](NC(=O)CNC(=O)[C@H](CCC(N)=O)NC(=O)[C@@H]1CCCN1C(=O)CN)C(=O)N1C[C@H](O)C[C@H]1C(=O)NCC(=O)N[C@@H](CCC(N)=O)C(=O)O. The number of hydrogen-bond acceptors (Lipinski definition) is 12. The molecule has 0 bridgehead atoms. The van der Waals surface area contributed by atoms with E-state index in [1.54, 1.807) is 13.8 Å². The number of rotatable bonds is 21. The van der Waals surface area contributed by atoms with Crippen LogP contribution >= 0.6 is 0 Å². The fourth-order valence-electron chi connectivity index (χ4n) is 6.04. The molecule has 0 aromatic heterocycles. The molecule has 54 heavy (non-hydrogen) atoms. The van der Waals surface area contributed by atoms with E-state index in [9.17, 15) is 58.2 Å². The summed E-state index contributed by atoms with van der Waals surface area (Å²) in [4.78, 5) is 127. The van der Waals surface area contributed by atoms with Crippen LogP contribution in [0.1, 0.15) is 65.2 Å². The predicted octanol–water partition coefficient (Wildman–Crippen LogP) is -5.75. The predicted molar refractivity (Wildman–Crippen MR) is 186 cm³/mol. The minimum absolute atomic E-state index is 0.204. The molecule has 0 aromatic carbocycles. The lowest BCUT2D eigenvalue weighted by molar-refractivity contribution is -0.143. The van der Waals surface area contributed by atoms with E-state index < -0.39 is 114 Å². The van der Waals surface area contributed by atoms with Gasteiger partial charge in [0.25, 0.3) is 0 Å². The molecule has 22 nitrogen and oxygen atoms in total. The third-order valence-corrected chi connectivity index (χ3v) is 9.18. The maximum atomic E-state index is 13.8. The van der Waals surface area contributed by atoms with Crippen molar-refractivity contribution in [2.75, 3.05) is 32.7 Å². The first-order chi connectivity index (χ1) is 25.4. The van der Waals surface area contributed by atoms with Crippen LogP contribution in [0.5, 0.6) is 0 Å². The molecule has 0 radical (unpaired) electrons. The number of β-amino-alcohol motifs (C(OH)–C–C–N with tert-alkyl or cyclic N) is 1. The molecule has 2 aliphatic heterocycles. The van der Waals surface area contributed by atoms with Crippen molar-refractivity contribution in [2.45, 2.75) is 102 Å². The number of hydrogen-bond donors (Lipinski definition) is 10. The van der Waals surface area contributed by atoms with Gasteiger partial charge in [-0.3, -0.25) is 43.2 Å². The monoisotopic (exact) mass is 768 g/mol. The quantitative estimate of drug-likeness (QED) is 0.0521. The fourth-order valence-corrected chi connectivity index (χ4v) is 6.04. The molecular weight excluding hydrogens is 716 g/mol. The van der Waals surface area contributed by atoms with E-state index in [2.05, 4.69) is 26.6 Å². The molecule has 0 unspecified atom stereocenters. The van der Waals surface area contributed by atoms with E-state index in [-0.39, 0.29) is 45.2 Å². The van der Waals surface area contributed by atoms with Crippen molar-refractivity contribution in [2.24, 2.45) is 23.1 Å². The second-order valence-electron chi connectivity index (χ2n) is 13.2. The van der Waals surface area contributed by atoms with E-state index >= 15 is 0 Å². The first-order valence-corrected chi connectivity index (χ1v) is 17.6. The van der Waals surface area contributed by atoms with Gasteiger partial charge in [0.2, 0.25) is 53.2 Å². The Hall–Kier alpha value is -5.38. The lowest BCUT2D eigenvalue weighted by Gasteiger charge is -2.31. The number of nitrogens with one attached hydrogen (secondary N) is 5. The van der Waals surface area contributed by atoms with Gasteiger partial charge < -0.3 is 63.8 Å². The molecular formula is C32H52N10O12. The summed E-state index contributed by atoms with van der Waals surface area (Å²) < 4.78 is 0. The zero-order valence-electron chi connectivity index (χ0n) is 30.3. The summed E-state index contributed by atoms with van der Waals surface area (Å²) in [6.07, 6.45) is -1.18. The minimum atomic E-state index is -1.45. The van der Waals surface area contributed by atoms with E-state index in [1.807, 2.05) is 0 Å². The molecule has 302 valence electrons. The first-order valence-electron chi connectivity index (χ1n) is 17.6. The molecule has 22 heteroatoms. The number of aliphatic carboxylic acids is 1. The number of carbonyl (C=O) groups excluding carboxylic acids is 9. The van der Waals surface area contributed by atoms with Crippen molar-refractivity contribution < 1.29 is 58.2 Å². The van der Waals surface area contributed by atoms with Crippen molar-refractivity contribution in [3.05, 3.63) is 0 Å². The number of carboxylic acid groups (broad SMARTS) is 1. The standard InChI is InChI=1S/C32H52N10O12/c1-3-16(2)27(31(52)42-15-17(43)11-21(42)29(50)37-13-24(46)38-19(32(53)54)7-9-23(35)45)40-25(47)14-36-28(49)18(6-8-22(34)44)39-30(51)20-5-4-10-41(20)26(48)12-33/h16-21,27,43H,3-15,33H2,1-2H3,(H2,34,44)(H2,35,45)(H,36,49)(H,37,50)(H,38,46)(H,39,51)(H,40,47)(H,53,54)/t16-,17+,18-,19-,20-,21-,27-/m0/s1. The van der Waals surface area contributed by atoms with Crippen molar-refractivity contribution in [1.82, 2.24) is 36.4 Å². The molecule has 2 rings (SSSR count). The molecule has 2 fully saturated rings. The maximum absolute atomic E-state index is 13.8. The highest BCUT2D eigenvalue weighted by atomic mass is 16.4. The largest absolute Gasteiger partial charge is 0.480 e. The molecule has 2 heterocycles. The maximum Gasteiger partial charge on any atom is 0.326 e. The molecule has 0 spiro atoms. The number of nitrogens with two attached hydrogens (primary N) is 3. The van der Waals surface area contributed by atoms with Crippen LogP contribution in [-0.4, -0.2) is 148 Å². The molecule has 0 aromatic rings. The highest BCUT2D eigenvalue weighted by Crippen LogP contribution is 2.22. The fraction of sp³-hybridized carbons (Fsp3) is 0.688. The zero-order valence-corrected chi connectivity index (χ0v) is 30.3. The minimum Gasteiger partial charge on any atom is -0.480 e. The summed E-state index contributed by atoms with van der Waals surface area (Å²) in [6, 6.07) is -6.14. The van der Waals surface area contributed by atoms with Crippen LogP contribution in [0.15, 0.2) is 0 Å². The average molecular weight is 769 g/mol. The summed E-state index contributed by atoms with van der Waals surface area (Å²) in [5, 5.41) is 31.6. The number of nitrogens with zero attached hydrogens (tertiary/aromatic N) is 2. The molecule has 0 aliphatic carbocycles. The number of aliphatic hydroxyl groups is 1. The van der Waals surface area contributed by atoms with Gasteiger partial charge in [0.05, 0.1) is 25.7 Å². The van der Waals surface area contributed by atoms with Crippen LogP contribution in [0.3, 0.4) is 0 Å². The van der Waals surface area contributed by atoms with Crippen molar-refractivity contribution >= 4 is 59.1 Å². The lowest BCUT2D eigenvalue weighted by Crippen LogP contribution is -2.58. The van der Waals surface area contributed by atoms with Gasteiger partial charge in [-0.1, -0.05) is 20.3 Å². The van der Waals surface area contributed by atoms with Gasteiger partial charge in [-0.25, -0.2) is 4.79 Å². The van der Waals surface area contributed by atoms with Gasteiger partial charge in [-0.2, -0.15) is 0 Å². The Morgan fingerprint density at radius 3 is 1.96 bits per heavy atom. The van der Waals surface area contributed by atoms with Crippen LogP contribution in [-0.2, 0) is 47.9 Å². The van der Waals surface area contributed by atoms with Crippen LogP contribution < -0.4 is 43.8 Å². The van der Waals surface area contributed by atoms with Gasteiger partial charge in [-0.15, -0.1) is 0 Å². The number of primary amides is 2. The Labute approximate surface area is 311 Å². The van der Waals surface area contributed by atoms with E-state index in [4.69, 9.17) is 17.2 Å². The summed E-state index contributed by atoms with van der Waals surface area (Å²) in [5.74, 6) is -8.68. The number of aliphatic hydroxyl groups excluding tert-OH is 1. The Morgan fingerprint density at radius 2 is 1.39 bits per heavy atom. The number of carboxylic acids is 1. The van der Waals surface area contributed by atoms with Gasteiger partial charge in [0.1, 0.15) is 30.2 Å². The summed E-state index contributed by atoms with van der Waals surface area (Å²) in [6.45, 7) is 1.75. The third kappa shape index (κ3) is 13.5. The van der Waals surface area contributed by atoms with Gasteiger partial charge in [-0.05, 0) is 31.6 Å². The smallest absolute Gasteiger partial charge is 0.326 e. The van der Waals surface area contributed by atoms with Crippen LogP contribution in [0.25, 0.3) is 0 Å². The first kappa shape index (κ1) is 44.8. The second kappa shape index (κ2) is 21.4. The molecule has 2 saturated heterocycles. The van der Waals surface area contributed by atoms with Crippen LogP contribution in [0, 0.1) is 5.92 Å². The van der Waals surface area contributed by atoms with Crippen molar-refractivity contribution in [3.8, 4) is 0 Å². The van der Waals surface area contributed by atoms with Crippen LogP contribution in [0.4, 0.5) is 0 Å². The second-order valence-corrected chi connectivity index (χ2v) is 13.2. The molecule has 13 N–H and O–H groups in total. The van der Waals surface area contributed by atoms with Gasteiger partial charge in [0.15, 0.2) is 0 Å². The highest BCUT2D eigenvalue weighted by Gasteiger charge is 2.43. The van der Waals surface area contributed by atoms with Crippen molar-refractivity contribution in [3.63, 3.8) is 0 Å². The summed E-state index contributed by atoms with van der Waals surface area (Å²) >= 11 is 0. The van der Waals surface area contributed by atoms with Gasteiger partial charge >= 0.3 is 5.97 Å². The number of amides is 9. The Balaban J connectivity index is 2.07. The lowest BCUT2D eigenvalue weighted by atomic mass is 9.97. The van der Waals surface area contributed by atoms with E-state index in [0.29, 0.717) is 25.8 Å². The highest BCUT2D eigenvalue weighted by molar-refractivity contribution is 5.96. The third-order valence-electron chi connectivity index (χ3n) is 9.18.